The van der Waals surface area contributed by atoms with E-state index in [1.165, 1.54) is 0 Å². The Balaban J connectivity index is 1.91. The Kier molecular flexibility index (Phi) is 3.98. The predicted octanol–water partition coefficient (Wildman–Crippen LogP) is 3.35. The molecule has 0 fully saturated rings. The number of anilines is 2. The number of thiazole rings is 1. The maximum Gasteiger partial charge on any atom is 0.266 e. The molecule has 6 nitrogen and oxygen atoms in total. The van der Waals surface area contributed by atoms with Gasteiger partial charge in [-0.25, -0.2) is 4.98 Å². The van der Waals surface area contributed by atoms with Gasteiger partial charge in [0.25, 0.3) is 5.91 Å². The van der Waals surface area contributed by atoms with E-state index < -0.39 is 11.5 Å². The van der Waals surface area contributed by atoms with Gasteiger partial charge in [-0.3, -0.25) is 4.79 Å². The van der Waals surface area contributed by atoms with Crippen LogP contribution in [-0.4, -0.2) is 23.1 Å². The lowest BCUT2D eigenvalue weighted by Gasteiger charge is -2.20. The van der Waals surface area contributed by atoms with Crippen LogP contribution in [0.15, 0.2) is 46.9 Å². The summed E-state index contributed by atoms with van der Waals surface area (Å²) in [6.45, 7) is 0. The second kappa shape index (κ2) is 6.08. The third kappa shape index (κ3) is 2.49. The van der Waals surface area contributed by atoms with Crippen molar-refractivity contribution >= 4 is 44.0 Å². The summed E-state index contributed by atoms with van der Waals surface area (Å²) in [4.78, 5) is 17.4. The molecule has 0 unspecified atom stereocenters. The minimum absolute atomic E-state index is 0.274. The number of hydrogen-bond donors (Lipinski definition) is 3. The SMILES string of the molecule is COc1ccc(-c2nc(N)sc2[C@]2(O)C(=O)Nc3ccc(Br)cc32)cc1. The van der Waals surface area contributed by atoms with Crippen LogP contribution in [0.4, 0.5) is 10.8 Å². The Labute approximate surface area is 161 Å². The first kappa shape index (κ1) is 17.0. The number of ether oxygens (including phenoxy) is 1. The van der Waals surface area contributed by atoms with E-state index in [9.17, 15) is 9.90 Å². The van der Waals surface area contributed by atoms with Crippen LogP contribution >= 0.6 is 27.3 Å². The van der Waals surface area contributed by atoms with Gasteiger partial charge in [-0.15, -0.1) is 0 Å². The summed E-state index contributed by atoms with van der Waals surface area (Å²) in [5.41, 5.74) is 6.31. The number of carbonyl (C=O) groups is 1. The standard InChI is InChI=1S/C18H14BrN3O3S/c1-25-11-5-2-9(3-6-11)14-15(26-17(20)22-14)18(24)12-8-10(19)4-7-13(12)21-16(18)23/h2-8,24H,1H3,(H2,20,22)(H,21,23)/t18-/m0/s1. The zero-order valence-corrected chi connectivity index (χ0v) is 16.0. The fourth-order valence-corrected chi connectivity index (χ4v) is 4.33. The minimum atomic E-state index is -1.86. The van der Waals surface area contributed by atoms with Crippen LogP contribution in [0.1, 0.15) is 10.4 Å². The highest BCUT2D eigenvalue weighted by atomic mass is 79.9. The number of aromatic nitrogens is 1. The van der Waals surface area contributed by atoms with E-state index in [-0.39, 0.29) is 5.13 Å². The van der Waals surface area contributed by atoms with Gasteiger partial charge in [0.15, 0.2) is 5.13 Å². The molecule has 2 heterocycles. The maximum atomic E-state index is 12.7. The van der Waals surface area contributed by atoms with Gasteiger partial charge in [0.05, 0.1) is 17.7 Å². The number of nitrogens with one attached hydrogen (secondary N) is 1. The number of nitrogens with zero attached hydrogens (tertiary/aromatic N) is 1. The summed E-state index contributed by atoms with van der Waals surface area (Å²) >= 11 is 4.49. The molecule has 3 aromatic rings. The molecule has 1 aliphatic rings. The summed E-state index contributed by atoms with van der Waals surface area (Å²) in [7, 11) is 1.58. The van der Waals surface area contributed by atoms with Crippen molar-refractivity contribution in [2.45, 2.75) is 5.60 Å². The number of aliphatic hydroxyl groups is 1. The molecule has 0 saturated carbocycles. The highest BCUT2D eigenvalue weighted by Gasteiger charge is 2.50. The van der Waals surface area contributed by atoms with Crippen LogP contribution < -0.4 is 15.8 Å². The van der Waals surface area contributed by atoms with Crippen molar-refractivity contribution in [1.29, 1.82) is 0 Å². The monoisotopic (exact) mass is 431 g/mol. The quantitative estimate of drug-likeness (QED) is 0.590. The number of benzene rings is 2. The van der Waals surface area contributed by atoms with E-state index >= 15 is 0 Å². The molecule has 1 atom stereocenters. The number of nitrogens with two attached hydrogens (primary N) is 1. The van der Waals surface area contributed by atoms with E-state index in [2.05, 4.69) is 26.2 Å². The second-order valence-electron chi connectivity index (χ2n) is 5.81. The molecule has 0 saturated heterocycles. The van der Waals surface area contributed by atoms with Gasteiger partial charge in [-0.05, 0) is 42.5 Å². The van der Waals surface area contributed by atoms with E-state index in [1.807, 2.05) is 12.1 Å². The Morgan fingerprint density at radius 1 is 1.27 bits per heavy atom. The number of carbonyl (C=O) groups excluding carboxylic acids is 1. The summed E-state index contributed by atoms with van der Waals surface area (Å²) < 4.78 is 5.93. The summed E-state index contributed by atoms with van der Waals surface area (Å²) in [5, 5.41) is 14.4. The molecule has 8 heteroatoms. The summed E-state index contributed by atoms with van der Waals surface area (Å²) in [6.07, 6.45) is 0. The topological polar surface area (TPSA) is 97.5 Å². The lowest BCUT2D eigenvalue weighted by atomic mass is 9.91. The number of fused-ring (bicyclic) bond motifs is 1. The Morgan fingerprint density at radius 2 is 2.00 bits per heavy atom. The van der Waals surface area contributed by atoms with Crippen molar-refractivity contribution < 1.29 is 14.6 Å². The van der Waals surface area contributed by atoms with Crippen LogP contribution in [0.5, 0.6) is 5.75 Å². The van der Waals surface area contributed by atoms with Gasteiger partial charge in [0, 0.05) is 21.3 Å². The number of nitrogen functional groups attached to an aromatic ring is 1. The predicted molar refractivity (Wildman–Crippen MR) is 104 cm³/mol. The van der Waals surface area contributed by atoms with Crippen molar-refractivity contribution in [3.63, 3.8) is 0 Å². The lowest BCUT2D eigenvalue weighted by Crippen LogP contribution is -2.35. The van der Waals surface area contributed by atoms with Crippen molar-refractivity contribution in [3.05, 3.63) is 57.4 Å². The number of halogens is 1. The number of amides is 1. The second-order valence-corrected chi connectivity index (χ2v) is 7.76. The van der Waals surface area contributed by atoms with E-state index in [0.717, 1.165) is 21.4 Å². The first-order valence-electron chi connectivity index (χ1n) is 7.68. The van der Waals surface area contributed by atoms with E-state index in [0.29, 0.717) is 27.6 Å². The molecular weight excluding hydrogens is 418 g/mol. The van der Waals surface area contributed by atoms with Crippen LogP contribution in [-0.2, 0) is 10.4 Å². The van der Waals surface area contributed by atoms with Crippen molar-refractivity contribution in [3.8, 4) is 17.0 Å². The average molecular weight is 432 g/mol. The molecule has 0 radical (unpaired) electrons. The molecule has 1 amide bonds. The smallest absolute Gasteiger partial charge is 0.266 e. The fraction of sp³-hybridized carbons (Fsp3) is 0.111. The molecule has 1 aromatic heterocycles. The molecule has 4 rings (SSSR count). The van der Waals surface area contributed by atoms with E-state index in [1.54, 1.807) is 37.4 Å². The van der Waals surface area contributed by atoms with Crippen LogP contribution in [0, 0.1) is 0 Å². The zero-order chi connectivity index (χ0) is 18.5. The Hall–Kier alpha value is -2.42. The molecule has 1 aliphatic heterocycles. The molecule has 0 aliphatic carbocycles. The molecule has 2 aromatic carbocycles. The average Bonchev–Trinajstić information content (AvgIpc) is 3.15. The maximum absolute atomic E-state index is 12.7. The molecule has 0 bridgehead atoms. The van der Waals surface area contributed by atoms with Crippen LogP contribution in [0.2, 0.25) is 0 Å². The molecule has 0 spiro atoms. The van der Waals surface area contributed by atoms with Gasteiger partial charge in [0.2, 0.25) is 5.60 Å². The summed E-state index contributed by atoms with van der Waals surface area (Å²) in [6, 6.07) is 12.5. The Bertz CT molecular complexity index is 1020. The Morgan fingerprint density at radius 3 is 2.69 bits per heavy atom. The van der Waals surface area contributed by atoms with Gasteiger partial charge < -0.3 is 20.9 Å². The van der Waals surface area contributed by atoms with Crippen LogP contribution in [0.25, 0.3) is 11.3 Å². The van der Waals surface area contributed by atoms with Gasteiger partial charge >= 0.3 is 0 Å². The fourth-order valence-electron chi connectivity index (χ4n) is 3.01. The van der Waals surface area contributed by atoms with Crippen molar-refractivity contribution in [1.82, 2.24) is 4.98 Å². The number of hydrogen-bond acceptors (Lipinski definition) is 6. The summed E-state index contributed by atoms with van der Waals surface area (Å²) in [5.74, 6) is 0.175. The zero-order valence-electron chi connectivity index (χ0n) is 13.6. The largest absolute Gasteiger partial charge is 0.497 e. The number of rotatable bonds is 3. The number of methoxy groups -OCH3 is 1. The normalized spacial score (nSPS) is 18.5. The van der Waals surface area contributed by atoms with Gasteiger partial charge in [-0.2, -0.15) is 0 Å². The third-order valence-electron chi connectivity index (χ3n) is 4.28. The molecule has 4 N–H and O–H groups in total. The van der Waals surface area contributed by atoms with E-state index in [4.69, 9.17) is 10.5 Å². The van der Waals surface area contributed by atoms with Gasteiger partial charge in [-0.1, -0.05) is 27.3 Å². The van der Waals surface area contributed by atoms with Crippen LogP contribution in [0.3, 0.4) is 0 Å². The lowest BCUT2D eigenvalue weighted by molar-refractivity contribution is -0.129. The highest BCUT2D eigenvalue weighted by molar-refractivity contribution is 9.10. The van der Waals surface area contributed by atoms with Gasteiger partial charge in [0.1, 0.15) is 5.75 Å². The highest BCUT2D eigenvalue weighted by Crippen LogP contribution is 2.47. The molecule has 132 valence electrons. The third-order valence-corrected chi connectivity index (χ3v) is 5.77. The minimum Gasteiger partial charge on any atom is -0.497 e. The van der Waals surface area contributed by atoms with Crippen molar-refractivity contribution in [2.24, 2.45) is 0 Å². The molecular formula is C18H14BrN3O3S. The molecule has 26 heavy (non-hydrogen) atoms. The first-order chi connectivity index (χ1) is 12.4. The van der Waals surface area contributed by atoms with Crippen molar-refractivity contribution in [2.75, 3.05) is 18.2 Å². The first-order valence-corrected chi connectivity index (χ1v) is 9.29.